The van der Waals surface area contributed by atoms with E-state index in [9.17, 15) is 19.1 Å². The van der Waals surface area contributed by atoms with Gasteiger partial charge in [-0.1, -0.05) is 29.8 Å². The molecule has 0 fully saturated rings. The molecule has 0 unspecified atom stereocenters. The van der Waals surface area contributed by atoms with Gasteiger partial charge in [-0.15, -0.1) is 0 Å². The quantitative estimate of drug-likeness (QED) is 0.476. The van der Waals surface area contributed by atoms with E-state index in [2.05, 4.69) is 20.6 Å². The molecule has 2 amide bonds. The van der Waals surface area contributed by atoms with Gasteiger partial charge in [0.05, 0.1) is 29.6 Å². The monoisotopic (exact) mass is 483 g/mol. The minimum atomic E-state index is -0.783. The molecule has 2 aromatic carbocycles. The number of hydrogen-bond donors (Lipinski definition) is 3. The van der Waals surface area contributed by atoms with Crippen LogP contribution in [0, 0.1) is 12.7 Å². The average Bonchev–Trinajstić information content (AvgIpc) is 3.11. The Morgan fingerprint density at radius 1 is 1.29 bits per heavy atom. The van der Waals surface area contributed by atoms with Crippen LogP contribution < -0.4 is 10.6 Å². The van der Waals surface area contributed by atoms with Crippen LogP contribution in [0.4, 0.5) is 10.3 Å². The Hall–Kier alpha value is -3.56. The van der Waals surface area contributed by atoms with Gasteiger partial charge in [0.1, 0.15) is 12.4 Å². The van der Waals surface area contributed by atoms with E-state index >= 15 is 0 Å². The van der Waals surface area contributed by atoms with Crippen molar-refractivity contribution in [3.05, 3.63) is 75.7 Å². The molecule has 4 rings (SSSR count). The van der Waals surface area contributed by atoms with Gasteiger partial charge in [0.25, 0.3) is 5.91 Å². The van der Waals surface area contributed by atoms with Gasteiger partial charge in [0.2, 0.25) is 11.9 Å². The van der Waals surface area contributed by atoms with Crippen LogP contribution in [-0.2, 0) is 11.3 Å². The number of carbonyl (C=O) groups is 2. The van der Waals surface area contributed by atoms with Crippen LogP contribution in [0.2, 0.25) is 5.02 Å². The second kappa shape index (κ2) is 9.74. The van der Waals surface area contributed by atoms with Crippen molar-refractivity contribution in [2.75, 3.05) is 25.5 Å². The number of hydrogen-bond acceptors (Lipinski definition) is 6. The van der Waals surface area contributed by atoms with Crippen molar-refractivity contribution in [1.82, 2.24) is 20.2 Å². The number of aromatic nitrogens is 2. The number of anilines is 1. The molecule has 1 aromatic heterocycles. The standard InChI is InChI=1S/C24H23ClFN5O3/c1-13-5-16(7-17(26)6-13)20(12-32)29-21(33)11-31-10-15-4-3-14(8-18(15)23(31)34)22-19(25)9-28-24(27-2)30-22/h3-9,20,32H,10-12H2,1-2H3,(H,29,33)(H,27,28,30)/t20-/m1/s1. The minimum Gasteiger partial charge on any atom is -0.394 e. The Morgan fingerprint density at radius 2 is 2.09 bits per heavy atom. The van der Waals surface area contributed by atoms with Crippen molar-refractivity contribution in [3.63, 3.8) is 0 Å². The van der Waals surface area contributed by atoms with Gasteiger partial charge < -0.3 is 20.6 Å². The number of nitrogens with zero attached hydrogens (tertiary/aromatic N) is 3. The van der Waals surface area contributed by atoms with E-state index in [1.54, 1.807) is 26.1 Å². The summed E-state index contributed by atoms with van der Waals surface area (Å²) < 4.78 is 13.7. The van der Waals surface area contributed by atoms with E-state index in [1.807, 2.05) is 12.1 Å². The van der Waals surface area contributed by atoms with Crippen molar-refractivity contribution < 1.29 is 19.1 Å². The van der Waals surface area contributed by atoms with Crippen LogP contribution in [0.15, 0.2) is 42.6 Å². The SMILES string of the molecule is CNc1ncc(Cl)c(-c2ccc3c(c2)C(=O)N(CC(=O)N[C@H](CO)c2cc(C)cc(F)c2)C3)n1. The maximum Gasteiger partial charge on any atom is 0.254 e. The lowest BCUT2D eigenvalue weighted by atomic mass is 10.0. The third kappa shape index (κ3) is 4.85. The Bertz CT molecular complexity index is 1250. The number of aryl methyl sites for hydroxylation is 1. The first kappa shape index (κ1) is 23.6. The zero-order chi connectivity index (χ0) is 24.4. The lowest BCUT2D eigenvalue weighted by Crippen LogP contribution is -2.40. The van der Waals surface area contributed by atoms with Gasteiger partial charge in [0, 0.05) is 24.7 Å². The second-order valence-electron chi connectivity index (χ2n) is 8.04. The van der Waals surface area contributed by atoms with E-state index in [4.69, 9.17) is 11.6 Å². The van der Waals surface area contributed by atoms with Crippen molar-refractivity contribution in [1.29, 1.82) is 0 Å². The van der Waals surface area contributed by atoms with Crippen LogP contribution in [-0.4, -0.2) is 52.0 Å². The maximum atomic E-state index is 13.7. The highest BCUT2D eigenvalue weighted by atomic mass is 35.5. The van der Waals surface area contributed by atoms with Crippen LogP contribution >= 0.6 is 11.6 Å². The molecule has 0 bridgehead atoms. The number of nitrogens with one attached hydrogen (secondary N) is 2. The highest BCUT2D eigenvalue weighted by molar-refractivity contribution is 6.33. The van der Waals surface area contributed by atoms with Gasteiger partial charge >= 0.3 is 0 Å². The first-order valence-electron chi connectivity index (χ1n) is 10.6. The Kier molecular flexibility index (Phi) is 6.76. The number of benzene rings is 2. The van der Waals surface area contributed by atoms with E-state index in [-0.39, 0.29) is 19.0 Å². The molecular formula is C24H23ClFN5O3. The van der Waals surface area contributed by atoms with Gasteiger partial charge in [-0.2, -0.15) is 0 Å². The predicted molar refractivity (Wildman–Crippen MR) is 126 cm³/mol. The summed E-state index contributed by atoms with van der Waals surface area (Å²) >= 11 is 6.26. The van der Waals surface area contributed by atoms with Gasteiger partial charge in [-0.3, -0.25) is 9.59 Å². The highest BCUT2D eigenvalue weighted by Crippen LogP contribution is 2.31. The zero-order valence-corrected chi connectivity index (χ0v) is 19.4. The van der Waals surface area contributed by atoms with E-state index in [1.165, 1.54) is 23.2 Å². The fraction of sp³-hybridized carbons (Fsp3) is 0.250. The third-order valence-electron chi connectivity index (χ3n) is 5.55. The lowest BCUT2D eigenvalue weighted by molar-refractivity contribution is -0.122. The van der Waals surface area contributed by atoms with E-state index in [0.29, 0.717) is 38.9 Å². The molecule has 8 nitrogen and oxygen atoms in total. The van der Waals surface area contributed by atoms with E-state index < -0.39 is 24.4 Å². The maximum absolute atomic E-state index is 13.7. The third-order valence-corrected chi connectivity index (χ3v) is 5.83. The molecule has 0 spiro atoms. The summed E-state index contributed by atoms with van der Waals surface area (Å²) in [6.07, 6.45) is 1.49. The topological polar surface area (TPSA) is 107 Å². The van der Waals surface area contributed by atoms with E-state index in [0.717, 1.165) is 5.56 Å². The number of rotatable bonds is 7. The van der Waals surface area contributed by atoms with Crippen LogP contribution in [0.5, 0.6) is 0 Å². The Labute approximate surface area is 200 Å². The summed E-state index contributed by atoms with van der Waals surface area (Å²) in [4.78, 5) is 35.5. The number of aliphatic hydroxyl groups excluding tert-OH is 1. The molecular weight excluding hydrogens is 461 g/mol. The molecule has 1 aliphatic heterocycles. The molecule has 3 aromatic rings. The predicted octanol–water partition coefficient (Wildman–Crippen LogP) is 3.09. The number of amides is 2. The summed E-state index contributed by atoms with van der Waals surface area (Å²) in [5.74, 6) is -0.807. The molecule has 10 heteroatoms. The van der Waals surface area contributed by atoms with Crippen molar-refractivity contribution in [2.45, 2.75) is 19.5 Å². The minimum absolute atomic E-state index is 0.203. The van der Waals surface area contributed by atoms with Crippen molar-refractivity contribution >= 4 is 29.4 Å². The number of fused-ring (bicyclic) bond motifs is 1. The van der Waals surface area contributed by atoms with Crippen molar-refractivity contribution in [3.8, 4) is 11.3 Å². The van der Waals surface area contributed by atoms with Crippen molar-refractivity contribution in [2.24, 2.45) is 0 Å². The smallest absolute Gasteiger partial charge is 0.254 e. The molecule has 176 valence electrons. The summed E-state index contributed by atoms with van der Waals surface area (Å²) in [6.45, 7) is 1.39. The number of halogens is 2. The normalized spacial score (nSPS) is 13.6. The fourth-order valence-corrected chi connectivity index (χ4v) is 4.14. The van der Waals surface area contributed by atoms with Gasteiger partial charge in [-0.05, 0) is 41.8 Å². The molecule has 1 atom stereocenters. The number of carbonyl (C=O) groups excluding carboxylic acids is 2. The Balaban J connectivity index is 1.48. The highest BCUT2D eigenvalue weighted by Gasteiger charge is 2.30. The van der Waals surface area contributed by atoms with Gasteiger partial charge in [-0.25, -0.2) is 14.4 Å². The molecule has 0 saturated heterocycles. The molecule has 1 aliphatic rings. The first-order valence-corrected chi connectivity index (χ1v) is 11.0. The second-order valence-corrected chi connectivity index (χ2v) is 8.45. The summed E-state index contributed by atoms with van der Waals surface area (Å²) in [6, 6.07) is 8.87. The lowest BCUT2D eigenvalue weighted by Gasteiger charge is -2.20. The van der Waals surface area contributed by atoms with Gasteiger partial charge in [0.15, 0.2) is 0 Å². The van der Waals surface area contributed by atoms with Crippen LogP contribution in [0.1, 0.15) is 33.1 Å². The zero-order valence-electron chi connectivity index (χ0n) is 18.6. The number of aliphatic hydroxyl groups is 1. The largest absolute Gasteiger partial charge is 0.394 e. The van der Waals surface area contributed by atoms with Crippen LogP contribution in [0.3, 0.4) is 0 Å². The molecule has 0 saturated carbocycles. The van der Waals surface area contributed by atoms with Crippen LogP contribution in [0.25, 0.3) is 11.3 Å². The summed E-state index contributed by atoms with van der Waals surface area (Å²) in [5, 5.41) is 15.6. The average molecular weight is 484 g/mol. The fourth-order valence-electron chi connectivity index (χ4n) is 3.94. The first-order chi connectivity index (χ1) is 16.3. The summed E-state index contributed by atoms with van der Waals surface area (Å²) in [7, 11) is 1.69. The molecule has 3 N–H and O–H groups in total. The molecule has 34 heavy (non-hydrogen) atoms. The molecule has 0 radical (unpaired) electrons. The Morgan fingerprint density at radius 3 is 2.79 bits per heavy atom. The summed E-state index contributed by atoms with van der Waals surface area (Å²) in [5.41, 5.74) is 3.52. The molecule has 0 aliphatic carbocycles. The molecule has 2 heterocycles.